The van der Waals surface area contributed by atoms with Crippen LogP contribution in [0.15, 0.2) is 34.0 Å². The van der Waals surface area contributed by atoms with Crippen LogP contribution in [0.4, 0.5) is 5.13 Å². The molecular weight excluding hydrogens is 809 g/mol. The summed E-state index contributed by atoms with van der Waals surface area (Å²) in [6.45, 7) is 0. The normalized spacial score (nSPS) is 17.8. The molecule has 0 radical (unpaired) electrons. The summed E-state index contributed by atoms with van der Waals surface area (Å²) in [4.78, 5) is 65.4. The van der Waals surface area contributed by atoms with Crippen molar-refractivity contribution in [3.8, 4) is 0 Å². The van der Waals surface area contributed by atoms with Gasteiger partial charge in [-0.25, -0.2) is 14.6 Å². The number of methoxy groups -OCH3 is 2. The number of rotatable bonds is 16. The molecule has 2 aromatic rings. The summed E-state index contributed by atoms with van der Waals surface area (Å²) in [7, 11) is 15.7. The lowest BCUT2D eigenvalue weighted by molar-refractivity contribution is -0.154. The van der Waals surface area contributed by atoms with E-state index in [1.54, 1.807) is 42.0 Å². The molecule has 1 aromatic carbocycles. The van der Waals surface area contributed by atoms with Gasteiger partial charge in [0.15, 0.2) is 10.8 Å². The number of hydrogen-bond acceptors (Lipinski definition) is 12. The molecule has 1 saturated heterocycles. The van der Waals surface area contributed by atoms with Gasteiger partial charge < -0.3 is 24.9 Å². The van der Waals surface area contributed by atoms with Crippen LogP contribution < -0.4 is 21.2 Å². The van der Waals surface area contributed by atoms with Gasteiger partial charge in [0.2, 0.25) is 6.10 Å². The van der Waals surface area contributed by atoms with Crippen molar-refractivity contribution in [2.75, 3.05) is 38.2 Å². The van der Waals surface area contributed by atoms with Crippen molar-refractivity contribution >= 4 is 153 Å². The monoisotopic (exact) mass is 839 g/mol. The number of nitrogens with zero attached hydrogens (tertiary/aromatic N) is 3. The second kappa shape index (κ2) is 18.6. The van der Waals surface area contributed by atoms with Crippen LogP contribution in [0.1, 0.15) is 34.1 Å². The molecule has 0 aliphatic carbocycles. The zero-order chi connectivity index (χ0) is 37.4. The number of alkyl halides is 1. The number of hydrogen-bond donors (Lipinski definition) is 2. The highest BCUT2D eigenvalue weighted by Crippen LogP contribution is 2.41. The molecule has 1 fully saturated rings. The number of anilines is 1. The van der Waals surface area contributed by atoms with Gasteiger partial charge in [-0.05, 0) is 39.7 Å². The van der Waals surface area contributed by atoms with Gasteiger partial charge in [0.25, 0.3) is 11.8 Å². The van der Waals surface area contributed by atoms with E-state index >= 15 is 0 Å². The number of nitrogens with one attached hydrogen (secondary N) is 2. The Balaban J connectivity index is 1.79. The quantitative estimate of drug-likeness (QED) is 0.0645. The Hall–Kier alpha value is -3.03. The second-order valence-corrected chi connectivity index (χ2v) is 14.8. The molecule has 12 nitrogen and oxygen atoms in total. The van der Waals surface area contributed by atoms with E-state index in [1.165, 1.54) is 42.2 Å². The van der Waals surface area contributed by atoms with E-state index in [9.17, 15) is 19.2 Å². The summed E-state index contributed by atoms with van der Waals surface area (Å²) in [6, 6.07) is -1.03. The molecule has 2 amide bonds. The predicted molar refractivity (Wildman–Crippen MR) is 222 cm³/mol. The molecule has 20 heteroatoms. The zero-order valence-corrected chi connectivity index (χ0v) is 34.5. The van der Waals surface area contributed by atoms with E-state index in [0.29, 0.717) is 54.9 Å². The summed E-state index contributed by atoms with van der Waals surface area (Å²) in [5, 5.41) is 12.7. The van der Waals surface area contributed by atoms with Crippen molar-refractivity contribution in [3.63, 3.8) is 0 Å². The van der Waals surface area contributed by atoms with Crippen LogP contribution >= 0.6 is 77.7 Å². The van der Waals surface area contributed by atoms with Crippen LogP contribution in [0.5, 0.6) is 0 Å². The molecule has 3 atom stereocenters. The van der Waals surface area contributed by atoms with E-state index < -0.39 is 41.3 Å². The van der Waals surface area contributed by atoms with Gasteiger partial charge >= 0.3 is 11.9 Å². The number of thioether (sulfide) groups is 1. The minimum atomic E-state index is -1.48. The average molecular weight is 840 g/mol. The van der Waals surface area contributed by atoms with Crippen molar-refractivity contribution in [2.45, 2.75) is 17.5 Å². The molecular formula is C31H31ClN5O7P5S2. The summed E-state index contributed by atoms with van der Waals surface area (Å²) < 4.78 is 10.1. The van der Waals surface area contributed by atoms with Crippen molar-refractivity contribution < 1.29 is 33.5 Å². The van der Waals surface area contributed by atoms with Crippen molar-refractivity contribution in [1.29, 1.82) is 0 Å². The highest BCUT2D eigenvalue weighted by atomic mass is 35.5. The highest BCUT2D eigenvalue weighted by Gasteiger charge is 2.54. The third-order valence-electron chi connectivity index (χ3n) is 7.53. The number of carbonyl (C=O) groups is 4. The van der Waals surface area contributed by atoms with Crippen LogP contribution in [0.3, 0.4) is 0 Å². The summed E-state index contributed by atoms with van der Waals surface area (Å²) in [5.41, 5.74) is 2.86. The van der Waals surface area contributed by atoms with Gasteiger partial charge in [-0.2, -0.15) is 0 Å². The minimum absolute atomic E-state index is 0.0820. The summed E-state index contributed by atoms with van der Waals surface area (Å²) in [5.74, 6) is 2.78. The Morgan fingerprint density at radius 3 is 2.37 bits per heavy atom. The third kappa shape index (κ3) is 8.15. The number of allylic oxidation sites excluding steroid dienone is 2. The number of amides is 2. The van der Waals surface area contributed by atoms with Gasteiger partial charge in [0.05, 0.1) is 14.2 Å². The first-order valence-corrected chi connectivity index (χ1v) is 20.9. The molecule has 51 heavy (non-hydrogen) atoms. The van der Waals surface area contributed by atoms with E-state index in [2.05, 4.69) is 60.0 Å². The Morgan fingerprint density at radius 2 is 1.82 bits per heavy atom. The van der Waals surface area contributed by atoms with Gasteiger partial charge in [-0.3, -0.25) is 14.5 Å². The molecule has 1 aromatic heterocycles. The van der Waals surface area contributed by atoms with E-state index in [1.807, 2.05) is 0 Å². The van der Waals surface area contributed by atoms with Gasteiger partial charge in [-0.1, -0.05) is 46.3 Å². The maximum atomic E-state index is 14.0. The van der Waals surface area contributed by atoms with Gasteiger partial charge in [-0.15, -0.1) is 61.3 Å². The smallest absolute Gasteiger partial charge is 0.355 e. The van der Waals surface area contributed by atoms with Crippen LogP contribution in [0.2, 0.25) is 0 Å². The van der Waals surface area contributed by atoms with Crippen molar-refractivity contribution in [3.05, 3.63) is 56.7 Å². The van der Waals surface area contributed by atoms with Crippen LogP contribution in [-0.4, -0.2) is 114 Å². The van der Waals surface area contributed by atoms with Crippen molar-refractivity contribution in [1.82, 2.24) is 15.2 Å². The molecule has 3 heterocycles. The number of fused-ring (bicyclic) bond motifs is 1. The molecule has 2 aliphatic rings. The molecule has 4 rings (SSSR count). The Bertz CT molecular complexity index is 1890. The van der Waals surface area contributed by atoms with E-state index in [4.69, 9.17) is 25.9 Å². The molecule has 0 saturated carbocycles. The van der Waals surface area contributed by atoms with Gasteiger partial charge in [0, 0.05) is 40.2 Å². The first kappa shape index (κ1) is 40.7. The lowest BCUT2D eigenvalue weighted by Gasteiger charge is -2.49. The first-order valence-electron chi connectivity index (χ1n) is 14.5. The Kier molecular flexibility index (Phi) is 14.9. The molecule has 266 valence electrons. The zero-order valence-electron chi connectivity index (χ0n) is 27.3. The molecule has 3 unspecified atom stereocenters. The second-order valence-electron chi connectivity index (χ2n) is 10.1. The number of carbonyl (C=O) groups excluding carboxylic acids is 4. The standard InChI is InChI=1S/C31H31ClN5O7P5S2/c1-33-31-34-18(13-51-31)20(26(38)35-21-27(39)37-22(29(40)42-2)14(7-6-8-32)12-50-28(21)37)36-44-23(30(41)43-3)19-16(10-46)15(9-45)17(11-47)24(48-4)25(19)49-5/h6-7,9-11,13,21,23,28,45-47H,4-5,8,12H2,1-3H3,(H,33,34)(H,35,38)/b7-6?,36-20+. The van der Waals surface area contributed by atoms with E-state index in [-0.39, 0.29) is 23.0 Å². The molecule has 2 N–H and O–H groups in total. The number of halogens is 1. The number of aromatic nitrogens is 1. The lowest BCUT2D eigenvalue weighted by Crippen LogP contribution is -2.71. The fourth-order valence-electron chi connectivity index (χ4n) is 5.22. The van der Waals surface area contributed by atoms with Crippen molar-refractivity contribution in [2.24, 2.45) is 5.16 Å². The SMILES string of the molecule is C=Pc1c(C=P)c(C=P)c(C=P)c(C(O/N=C(/C(=O)NC2C(=O)N3C(C(=O)OC)=C(C=CCCl)CSC23)c2csc(NC)n2)C(=O)OC)c1P=C. The molecule has 0 spiro atoms. The number of benzene rings is 1. The fraction of sp³-hybridized carbons (Fsp3) is 0.258. The summed E-state index contributed by atoms with van der Waals surface area (Å²) >= 11 is 8.36. The average Bonchev–Trinajstić information content (AvgIpc) is 3.64. The summed E-state index contributed by atoms with van der Waals surface area (Å²) in [6.07, 6.45) is 9.97. The number of oxime groups is 1. The maximum absolute atomic E-state index is 14.0. The lowest BCUT2D eigenvalue weighted by atomic mass is 9.95. The Morgan fingerprint density at radius 1 is 1.14 bits per heavy atom. The van der Waals surface area contributed by atoms with Crippen LogP contribution in [0.25, 0.3) is 0 Å². The largest absolute Gasteiger partial charge is 0.466 e. The Labute approximate surface area is 317 Å². The molecule has 2 aliphatic heterocycles. The number of ether oxygens (including phenoxy) is 2. The first-order chi connectivity index (χ1) is 24.6. The van der Waals surface area contributed by atoms with Gasteiger partial charge in [0.1, 0.15) is 22.8 Å². The topological polar surface area (TPSA) is 149 Å². The minimum Gasteiger partial charge on any atom is -0.466 e. The maximum Gasteiger partial charge on any atom is 0.355 e. The van der Waals surface area contributed by atoms with E-state index in [0.717, 1.165) is 10.9 Å². The van der Waals surface area contributed by atoms with Crippen LogP contribution in [0, 0.1) is 0 Å². The number of esters is 2. The predicted octanol–water partition coefficient (Wildman–Crippen LogP) is 3.33. The van der Waals surface area contributed by atoms with Crippen LogP contribution in [-0.2, 0) is 33.5 Å². The number of β-lactam (4-membered cyclic amide) rings is 1. The third-order valence-corrected chi connectivity index (χ3v) is 12.5. The number of thiazole rings is 1. The highest BCUT2D eigenvalue weighted by molar-refractivity contribution is 8.00. The fourth-order valence-corrected chi connectivity index (χ4v) is 10.1. The molecule has 0 bridgehead atoms.